The first-order chi connectivity index (χ1) is 17.4. The quantitative estimate of drug-likeness (QED) is 0.272. The molecule has 0 aromatic heterocycles. The number of hydrogen-bond acceptors (Lipinski definition) is 3. The average Bonchev–Trinajstić information content (AvgIpc) is 2.90. The molecule has 0 saturated heterocycles. The molecule has 4 rings (SSSR count). The number of benzene rings is 4. The van der Waals surface area contributed by atoms with E-state index in [4.69, 9.17) is 4.74 Å². The van der Waals surface area contributed by atoms with Crippen molar-refractivity contribution in [2.75, 3.05) is 7.11 Å². The van der Waals surface area contributed by atoms with E-state index in [2.05, 4.69) is 83.1 Å². The number of methoxy groups -OCH3 is 1. The second-order valence-corrected chi connectivity index (χ2v) is 11.1. The van der Waals surface area contributed by atoms with Crippen molar-refractivity contribution in [1.82, 2.24) is 0 Å². The highest BCUT2D eigenvalue weighted by molar-refractivity contribution is 5.52. The largest absolute Gasteiger partial charge is 0.508 e. The maximum absolute atomic E-state index is 11.0. The summed E-state index contributed by atoms with van der Waals surface area (Å²) < 4.78 is 5.31. The Kier molecular flexibility index (Phi) is 7.10. The zero-order valence-corrected chi connectivity index (χ0v) is 23.0. The molecular formula is C34H38O3. The zero-order valence-electron chi connectivity index (χ0n) is 23.0. The van der Waals surface area contributed by atoms with E-state index in [1.54, 1.807) is 19.2 Å². The van der Waals surface area contributed by atoms with Crippen molar-refractivity contribution in [2.45, 2.75) is 58.3 Å². The Morgan fingerprint density at radius 1 is 0.649 bits per heavy atom. The van der Waals surface area contributed by atoms with Crippen LogP contribution in [0, 0.1) is 6.92 Å². The lowest BCUT2D eigenvalue weighted by Crippen LogP contribution is -2.22. The molecule has 37 heavy (non-hydrogen) atoms. The molecule has 0 heterocycles. The third-order valence-corrected chi connectivity index (χ3v) is 8.05. The van der Waals surface area contributed by atoms with Crippen LogP contribution >= 0.6 is 0 Å². The lowest BCUT2D eigenvalue weighted by Gasteiger charge is -2.30. The Bertz CT molecular complexity index is 1360. The van der Waals surface area contributed by atoms with Crippen LogP contribution in [0.3, 0.4) is 0 Å². The lowest BCUT2D eigenvalue weighted by atomic mass is 9.73. The van der Waals surface area contributed by atoms with Crippen LogP contribution in [0.1, 0.15) is 79.5 Å². The number of aryl methyl sites for hydroxylation is 1. The predicted molar refractivity (Wildman–Crippen MR) is 152 cm³/mol. The standard InChI is InChI=1S/C34H38O3/c1-22-20-28(21-31(32(22)36)23(2)24-8-18-30(37-7)19-9-24)34(5,6)26-12-10-25(11-13-26)33(3,4)27-14-16-29(35)17-15-27/h8-21,23,35-36H,1-7H3. The molecule has 4 aromatic rings. The molecule has 0 aliphatic carbocycles. The molecule has 1 unspecified atom stereocenters. The molecule has 0 spiro atoms. The molecule has 0 amide bonds. The maximum atomic E-state index is 11.0. The van der Waals surface area contributed by atoms with E-state index in [0.29, 0.717) is 5.75 Å². The van der Waals surface area contributed by atoms with Gasteiger partial charge in [-0.25, -0.2) is 0 Å². The smallest absolute Gasteiger partial charge is 0.122 e. The molecule has 192 valence electrons. The van der Waals surface area contributed by atoms with Crippen molar-refractivity contribution in [3.05, 3.63) is 124 Å². The maximum Gasteiger partial charge on any atom is 0.122 e. The van der Waals surface area contributed by atoms with Crippen LogP contribution in [0.5, 0.6) is 17.2 Å². The van der Waals surface area contributed by atoms with E-state index < -0.39 is 0 Å². The fourth-order valence-corrected chi connectivity index (χ4v) is 5.08. The number of ether oxygens (including phenoxy) is 1. The fourth-order valence-electron chi connectivity index (χ4n) is 5.08. The first-order valence-corrected chi connectivity index (χ1v) is 12.8. The summed E-state index contributed by atoms with van der Waals surface area (Å²) in [5.41, 5.74) is 7.25. The summed E-state index contributed by atoms with van der Waals surface area (Å²) in [4.78, 5) is 0. The minimum atomic E-state index is -0.256. The Morgan fingerprint density at radius 3 is 1.59 bits per heavy atom. The van der Waals surface area contributed by atoms with Crippen LogP contribution in [-0.4, -0.2) is 17.3 Å². The molecule has 0 bridgehead atoms. The Balaban J connectivity index is 1.68. The van der Waals surface area contributed by atoms with Gasteiger partial charge in [0.25, 0.3) is 0 Å². The molecule has 0 fully saturated rings. The summed E-state index contributed by atoms with van der Waals surface area (Å²) >= 11 is 0. The molecule has 0 aliphatic heterocycles. The first kappa shape index (κ1) is 26.3. The Morgan fingerprint density at radius 2 is 1.11 bits per heavy atom. The molecule has 0 saturated carbocycles. The normalized spacial score (nSPS) is 12.8. The monoisotopic (exact) mass is 494 g/mol. The van der Waals surface area contributed by atoms with Crippen LogP contribution in [0.25, 0.3) is 0 Å². The molecule has 3 nitrogen and oxygen atoms in total. The average molecular weight is 495 g/mol. The summed E-state index contributed by atoms with van der Waals surface area (Å²) in [7, 11) is 1.67. The van der Waals surface area contributed by atoms with Gasteiger partial charge in [-0.2, -0.15) is 0 Å². The highest BCUT2D eigenvalue weighted by Crippen LogP contribution is 2.41. The number of aromatic hydroxyl groups is 2. The van der Waals surface area contributed by atoms with Gasteiger partial charge < -0.3 is 14.9 Å². The minimum Gasteiger partial charge on any atom is -0.508 e. The van der Waals surface area contributed by atoms with E-state index in [-0.39, 0.29) is 22.5 Å². The van der Waals surface area contributed by atoms with Gasteiger partial charge in [-0.1, -0.05) is 95.3 Å². The van der Waals surface area contributed by atoms with Gasteiger partial charge in [0.05, 0.1) is 7.11 Å². The SMILES string of the molecule is COc1ccc(C(C)c2cc(C(C)(C)c3ccc(C(C)(C)c4ccc(O)cc4)cc3)cc(C)c2O)cc1. The van der Waals surface area contributed by atoms with Crippen LogP contribution in [0.2, 0.25) is 0 Å². The molecule has 0 aliphatic rings. The highest BCUT2D eigenvalue weighted by Gasteiger charge is 2.28. The molecule has 1 atom stereocenters. The van der Waals surface area contributed by atoms with Crippen LogP contribution in [-0.2, 0) is 10.8 Å². The van der Waals surface area contributed by atoms with Gasteiger partial charge in [0.15, 0.2) is 0 Å². The topological polar surface area (TPSA) is 49.7 Å². The third kappa shape index (κ3) is 5.09. The van der Waals surface area contributed by atoms with Crippen LogP contribution in [0.15, 0.2) is 84.9 Å². The van der Waals surface area contributed by atoms with E-state index >= 15 is 0 Å². The Hall–Kier alpha value is -3.72. The second kappa shape index (κ2) is 9.97. The lowest BCUT2D eigenvalue weighted by molar-refractivity contribution is 0.414. The van der Waals surface area contributed by atoms with Crippen molar-refractivity contribution in [3.8, 4) is 17.2 Å². The third-order valence-electron chi connectivity index (χ3n) is 8.05. The Labute approximate surface area is 221 Å². The molecule has 2 N–H and O–H groups in total. The number of rotatable bonds is 7. The van der Waals surface area contributed by atoms with Crippen molar-refractivity contribution in [3.63, 3.8) is 0 Å². The number of hydrogen-bond donors (Lipinski definition) is 2. The van der Waals surface area contributed by atoms with Gasteiger partial charge in [-0.05, 0) is 64.6 Å². The van der Waals surface area contributed by atoms with E-state index in [0.717, 1.165) is 28.0 Å². The van der Waals surface area contributed by atoms with Gasteiger partial charge in [-0.15, -0.1) is 0 Å². The summed E-state index contributed by atoms with van der Waals surface area (Å²) in [6, 6.07) is 28.6. The highest BCUT2D eigenvalue weighted by atomic mass is 16.5. The van der Waals surface area contributed by atoms with Gasteiger partial charge in [0.1, 0.15) is 17.2 Å². The van der Waals surface area contributed by atoms with Gasteiger partial charge in [0, 0.05) is 22.3 Å². The number of phenolic OH excluding ortho intramolecular Hbond substituents is 2. The minimum absolute atomic E-state index is 0.0360. The molecule has 0 radical (unpaired) electrons. The number of phenols is 2. The van der Waals surface area contributed by atoms with E-state index in [1.807, 2.05) is 31.2 Å². The predicted octanol–water partition coefficient (Wildman–Crippen LogP) is 8.22. The molecule has 3 heteroatoms. The van der Waals surface area contributed by atoms with Crippen molar-refractivity contribution < 1.29 is 14.9 Å². The summed E-state index contributed by atoms with van der Waals surface area (Å²) in [6.07, 6.45) is 0. The summed E-state index contributed by atoms with van der Waals surface area (Å²) in [5.74, 6) is 1.49. The van der Waals surface area contributed by atoms with Gasteiger partial charge in [-0.3, -0.25) is 0 Å². The zero-order chi connectivity index (χ0) is 27.0. The van der Waals surface area contributed by atoms with E-state index in [1.165, 1.54) is 16.7 Å². The fraction of sp³-hybridized carbons (Fsp3) is 0.294. The summed E-state index contributed by atoms with van der Waals surface area (Å²) in [5, 5.41) is 20.7. The first-order valence-electron chi connectivity index (χ1n) is 12.8. The molecule has 4 aromatic carbocycles. The second-order valence-electron chi connectivity index (χ2n) is 11.1. The molecular weight excluding hydrogens is 456 g/mol. The van der Waals surface area contributed by atoms with Gasteiger partial charge in [0.2, 0.25) is 0 Å². The van der Waals surface area contributed by atoms with Crippen LogP contribution in [0.4, 0.5) is 0 Å². The van der Waals surface area contributed by atoms with Crippen LogP contribution < -0.4 is 4.74 Å². The van der Waals surface area contributed by atoms with Crippen molar-refractivity contribution in [2.24, 2.45) is 0 Å². The van der Waals surface area contributed by atoms with E-state index in [9.17, 15) is 10.2 Å². The summed E-state index contributed by atoms with van der Waals surface area (Å²) in [6.45, 7) is 13.0. The van der Waals surface area contributed by atoms with Crippen molar-refractivity contribution in [1.29, 1.82) is 0 Å². The van der Waals surface area contributed by atoms with Gasteiger partial charge >= 0.3 is 0 Å². The van der Waals surface area contributed by atoms with Crippen molar-refractivity contribution >= 4 is 0 Å².